The minimum Gasteiger partial charge on any atom is -0.351 e. The monoisotopic (exact) mass is 247 g/mol. The average Bonchev–Trinajstić information content (AvgIpc) is 2.38. The van der Waals surface area contributed by atoms with E-state index in [0.717, 1.165) is 25.2 Å². The zero-order valence-electron chi connectivity index (χ0n) is 11.1. The Morgan fingerprint density at radius 3 is 3.11 bits per heavy atom. The highest BCUT2D eigenvalue weighted by molar-refractivity contribution is 5.95. The molecule has 1 atom stereocenters. The van der Waals surface area contributed by atoms with E-state index in [1.165, 1.54) is 6.42 Å². The van der Waals surface area contributed by atoms with E-state index in [1.807, 2.05) is 13.0 Å². The second-order valence-corrected chi connectivity index (χ2v) is 5.41. The van der Waals surface area contributed by atoms with Crippen LogP contribution in [0.5, 0.6) is 0 Å². The zero-order chi connectivity index (χ0) is 13.0. The fourth-order valence-corrected chi connectivity index (χ4v) is 2.38. The minimum absolute atomic E-state index is 0.0209. The maximum Gasteiger partial charge on any atom is 0.253 e. The van der Waals surface area contributed by atoms with Gasteiger partial charge in [0.15, 0.2) is 0 Å². The van der Waals surface area contributed by atoms with Crippen molar-refractivity contribution in [3.63, 3.8) is 0 Å². The molecular formula is C14H21N3O. The standard InChI is InChI=1S/C14H21N3O/c1-11-12(5-3-8-16-11)13(18)17-10-14(2)6-4-7-15-9-14/h3,5,8,15H,4,6-7,9-10H2,1-2H3,(H,17,18). The lowest BCUT2D eigenvalue weighted by atomic mass is 9.83. The van der Waals surface area contributed by atoms with E-state index >= 15 is 0 Å². The van der Waals surface area contributed by atoms with Crippen molar-refractivity contribution >= 4 is 5.91 Å². The predicted molar refractivity (Wildman–Crippen MR) is 71.5 cm³/mol. The molecule has 2 heterocycles. The molecular weight excluding hydrogens is 226 g/mol. The Morgan fingerprint density at radius 1 is 1.61 bits per heavy atom. The quantitative estimate of drug-likeness (QED) is 0.851. The van der Waals surface area contributed by atoms with Crippen molar-refractivity contribution in [2.45, 2.75) is 26.7 Å². The molecule has 0 aliphatic carbocycles. The highest BCUT2D eigenvalue weighted by Gasteiger charge is 2.27. The van der Waals surface area contributed by atoms with Gasteiger partial charge in [-0.15, -0.1) is 0 Å². The molecule has 0 saturated carbocycles. The lowest BCUT2D eigenvalue weighted by Gasteiger charge is -2.34. The number of piperidine rings is 1. The molecule has 1 saturated heterocycles. The van der Waals surface area contributed by atoms with Gasteiger partial charge in [0.05, 0.1) is 5.56 Å². The predicted octanol–water partition coefficient (Wildman–Crippen LogP) is 1.51. The number of hydrogen-bond donors (Lipinski definition) is 2. The van der Waals surface area contributed by atoms with Crippen molar-refractivity contribution in [1.29, 1.82) is 0 Å². The van der Waals surface area contributed by atoms with E-state index in [1.54, 1.807) is 12.3 Å². The molecule has 0 radical (unpaired) electrons. The third kappa shape index (κ3) is 3.07. The summed E-state index contributed by atoms with van der Waals surface area (Å²) in [6.45, 7) is 6.85. The number of carbonyl (C=O) groups excluding carboxylic acids is 1. The van der Waals surface area contributed by atoms with Crippen LogP contribution in [-0.2, 0) is 0 Å². The van der Waals surface area contributed by atoms with Gasteiger partial charge in [-0.1, -0.05) is 6.92 Å². The third-order valence-electron chi connectivity index (χ3n) is 3.61. The maximum atomic E-state index is 12.1. The number of pyridine rings is 1. The van der Waals surface area contributed by atoms with Crippen LogP contribution >= 0.6 is 0 Å². The van der Waals surface area contributed by atoms with E-state index in [4.69, 9.17) is 0 Å². The van der Waals surface area contributed by atoms with E-state index in [-0.39, 0.29) is 11.3 Å². The molecule has 98 valence electrons. The zero-order valence-corrected chi connectivity index (χ0v) is 11.1. The Hall–Kier alpha value is -1.42. The van der Waals surface area contributed by atoms with Gasteiger partial charge in [0.25, 0.3) is 5.91 Å². The van der Waals surface area contributed by atoms with Gasteiger partial charge in [0, 0.05) is 25.0 Å². The minimum atomic E-state index is -0.0209. The second-order valence-electron chi connectivity index (χ2n) is 5.41. The van der Waals surface area contributed by atoms with Crippen molar-refractivity contribution in [3.05, 3.63) is 29.6 Å². The molecule has 2 rings (SSSR count). The van der Waals surface area contributed by atoms with Gasteiger partial charge in [0.2, 0.25) is 0 Å². The summed E-state index contributed by atoms with van der Waals surface area (Å²) in [5, 5.41) is 6.42. The Morgan fingerprint density at radius 2 is 2.44 bits per heavy atom. The number of nitrogens with zero attached hydrogens (tertiary/aromatic N) is 1. The van der Waals surface area contributed by atoms with Crippen LogP contribution in [0.15, 0.2) is 18.3 Å². The molecule has 18 heavy (non-hydrogen) atoms. The molecule has 1 amide bonds. The molecule has 0 aromatic carbocycles. The normalized spacial score (nSPS) is 23.7. The number of amides is 1. The SMILES string of the molecule is Cc1ncccc1C(=O)NCC1(C)CCCNC1. The summed E-state index contributed by atoms with van der Waals surface area (Å²) in [5.74, 6) is -0.0209. The molecule has 1 aliphatic heterocycles. The number of aryl methyl sites for hydroxylation is 1. The van der Waals surface area contributed by atoms with Crippen LogP contribution in [0.2, 0.25) is 0 Å². The van der Waals surface area contributed by atoms with Gasteiger partial charge < -0.3 is 10.6 Å². The van der Waals surface area contributed by atoms with Gasteiger partial charge in [-0.3, -0.25) is 9.78 Å². The van der Waals surface area contributed by atoms with Crippen molar-refractivity contribution < 1.29 is 4.79 Å². The highest BCUT2D eigenvalue weighted by atomic mass is 16.1. The number of carbonyl (C=O) groups is 1. The summed E-state index contributed by atoms with van der Waals surface area (Å²) in [6.07, 6.45) is 4.04. The van der Waals surface area contributed by atoms with Gasteiger partial charge in [0.1, 0.15) is 0 Å². The summed E-state index contributed by atoms with van der Waals surface area (Å²) in [4.78, 5) is 16.2. The first-order chi connectivity index (χ1) is 8.61. The Bertz CT molecular complexity index is 425. The summed E-state index contributed by atoms with van der Waals surface area (Å²) < 4.78 is 0. The Kier molecular flexibility index (Phi) is 3.97. The van der Waals surface area contributed by atoms with Crippen LogP contribution in [0.1, 0.15) is 35.8 Å². The van der Waals surface area contributed by atoms with E-state index in [0.29, 0.717) is 12.1 Å². The summed E-state index contributed by atoms with van der Waals surface area (Å²) in [7, 11) is 0. The highest BCUT2D eigenvalue weighted by Crippen LogP contribution is 2.24. The van der Waals surface area contributed by atoms with Gasteiger partial charge in [-0.05, 0) is 43.9 Å². The van der Waals surface area contributed by atoms with Gasteiger partial charge in [-0.25, -0.2) is 0 Å². The number of aromatic nitrogens is 1. The summed E-state index contributed by atoms with van der Waals surface area (Å²) in [6, 6.07) is 3.62. The second kappa shape index (κ2) is 5.48. The van der Waals surface area contributed by atoms with Crippen molar-refractivity contribution in [2.24, 2.45) is 5.41 Å². The van der Waals surface area contributed by atoms with Crippen molar-refractivity contribution in [3.8, 4) is 0 Å². The number of rotatable bonds is 3. The number of nitrogens with one attached hydrogen (secondary N) is 2. The summed E-state index contributed by atoms with van der Waals surface area (Å²) >= 11 is 0. The largest absolute Gasteiger partial charge is 0.351 e. The van der Waals surface area contributed by atoms with E-state index in [9.17, 15) is 4.79 Å². The molecule has 1 aromatic rings. The molecule has 1 unspecified atom stereocenters. The van der Waals surface area contributed by atoms with Crippen LogP contribution in [0.25, 0.3) is 0 Å². The molecule has 1 aromatic heterocycles. The van der Waals surface area contributed by atoms with Crippen LogP contribution in [0.4, 0.5) is 0 Å². The topological polar surface area (TPSA) is 54.0 Å². The lowest BCUT2D eigenvalue weighted by molar-refractivity contribution is 0.0923. The maximum absolute atomic E-state index is 12.1. The van der Waals surface area contributed by atoms with Crippen LogP contribution in [-0.4, -0.2) is 30.5 Å². The van der Waals surface area contributed by atoms with Crippen molar-refractivity contribution in [1.82, 2.24) is 15.6 Å². The molecule has 0 spiro atoms. The van der Waals surface area contributed by atoms with Gasteiger partial charge in [-0.2, -0.15) is 0 Å². The first kappa shape index (κ1) is 13.0. The lowest BCUT2D eigenvalue weighted by Crippen LogP contribution is -2.45. The smallest absolute Gasteiger partial charge is 0.253 e. The fourth-order valence-electron chi connectivity index (χ4n) is 2.38. The van der Waals surface area contributed by atoms with Crippen LogP contribution in [0.3, 0.4) is 0 Å². The molecule has 1 aliphatic rings. The van der Waals surface area contributed by atoms with Crippen LogP contribution < -0.4 is 10.6 Å². The first-order valence-electron chi connectivity index (χ1n) is 6.51. The number of hydrogen-bond acceptors (Lipinski definition) is 3. The fraction of sp³-hybridized carbons (Fsp3) is 0.571. The van der Waals surface area contributed by atoms with Crippen LogP contribution in [0, 0.1) is 12.3 Å². The summed E-state index contributed by atoms with van der Waals surface area (Å²) in [5.41, 5.74) is 1.62. The van der Waals surface area contributed by atoms with E-state index in [2.05, 4.69) is 22.5 Å². The first-order valence-corrected chi connectivity index (χ1v) is 6.51. The molecule has 4 nitrogen and oxygen atoms in total. The van der Waals surface area contributed by atoms with Crippen molar-refractivity contribution in [2.75, 3.05) is 19.6 Å². The molecule has 2 N–H and O–H groups in total. The third-order valence-corrected chi connectivity index (χ3v) is 3.61. The average molecular weight is 247 g/mol. The molecule has 0 bridgehead atoms. The Balaban J connectivity index is 1.94. The van der Waals surface area contributed by atoms with E-state index < -0.39 is 0 Å². The van der Waals surface area contributed by atoms with Gasteiger partial charge >= 0.3 is 0 Å². The Labute approximate surface area is 108 Å². The molecule has 1 fully saturated rings. The molecule has 4 heteroatoms.